The van der Waals surface area contributed by atoms with Crippen molar-refractivity contribution in [2.75, 3.05) is 24.5 Å². The van der Waals surface area contributed by atoms with Crippen LogP contribution in [0.4, 0.5) is 5.69 Å². The van der Waals surface area contributed by atoms with Crippen LogP contribution in [0.1, 0.15) is 34.7 Å². The van der Waals surface area contributed by atoms with Gasteiger partial charge in [0.05, 0.1) is 17.7 Å². The molecule has 4 aromatic carbocycles. The zero-order valence-electron chi connectivity index (χ0n) is 26.5. The number of hydrogen-bond acceptors (Lipinski definition) is 5. The Morgan fingerprint density at radius 1 is 0.822 bits per heavy atom. The van der Waals surface area contributed by atoms with Crippen molar-refractivity contribution >= 4 is 27.5 Å². The molecule has 0 saturated carbocycles. The minimum absolute atomic E-state index is 0.0655. The van der Waals surface area contributed by atoms with Crippen LogP contribution < -0.4 is 14.4 Å². The predicted molar refractivity (Wildman–Crippen MR) is 178 cm³/mol. The molecule has 1 atom stereocenters. The fourth-order valence-electron chi connectivity index (χ4n) is 5.06. The molecule has 2 amide bonds. The number of rotatable bonds is 13. The Morgan fingerprint density at radius 2 is 1.51 bits per heavy atom. The van der Waals surface area contributed by atoms with Crippen LogP contribution in [-0.2, 0) is 32.6 Å². The molecule has 0 aliphatic rings. The zero-order valence-corrected chi connectivity index (χ0v) is 27.3. The van der Waals surface area contributed by atoms with Gasteiger partial charge in [0.25, 0.3) is 10.0 Å². The Balaban J connectivity index is 1.82. The summed E-state index contributed by atoms with van der Waals surface area (Å²) in [4.78, 5) is 29.7. The molecule has 0 fully saturated rings. The first-order valence-electron chi connectivity index (χ1n) is 14.9. The molecular weight excluding hydrogens is 586 g/mol. The fourth-order valence-corrected chi connectivity index (χ4v) is 6.47. The van der Waals surface area contributed by atoms with E-state index in [1.807, 2.05) is 82.3 Å². The Morgan fingerprint density at radius 3 is 2.16 bits per heavy atom. The number of carbonyl (C=O) groups is 2. The van der Waals surface area contributed by atoms with E-state index in [1.54, 1.807) is 49.6 Å². The van der Waals surface area contributed by atoms with Crippen molar-refractivity contribution in [3.63, 3.8) is 0 Å². The number of hydrogen-bond donors (Lipinski definition) is 1. The molecule has 0 bridgehead atoms. The van der Waals surface area contributed by atoms with E-state index in [0.29, 0.717) is 18.0 Å². The second kappa shape index (κ2) is 14.9. The van der Waals surface area contributed by atoms with Crippen molar-refractivity contribution in [3.05, 3.63) is 125 Å². The molecule has 0 aliphatic carbocycles. The van der Waals surface area contributed by atoms with E-state index >= 15 is 0 Å². The third-order valence-corrected chi connectivity index (χ3v) is 9.56. The minimum atomic E-state index is -4.16. The summed E-state index contributed by atoms with van der Waals surface area (Å²) in [6.07, 6.45) is 0.247. The topological polar surface area (TPSA) is 96.0 Å². The standard InChI is InChI=1S/C36H41N3O5S/c1-6-37-36(41)34(23-29-11-8-7-9-12-29)38(24-30-13-10-14-32(22-30)44-5)35(40)25-39(31-18-17-27(3)28(4)21-31)45(42,43)33-19-15-26(2)16-20-33/h7-22,34H,6,23-25H2,1-5H3,(H,37,41)/t34-/m1/s1. The summed E-state index contributed by atoms with van der Waals surface area (Å²) in [6, 6.07) is 27.7. The van der Waals surface area contributed by atoms with Crippen LogP contribution in [0, 0.1) is 20.8 Å². The van der Waals surface area contributed by atoms with E-state index in [9.17, 15) is 18.0 Å². The fraction of sp³-hybridized carbons (Fsp3) is 0.278. The average molecular weight is 628 g/mol. The monoisotopic (exact) mass is 627 g/mol. The summed E-state index contributed by atoms with van der Waals surface area (Å²) in [7, 11) is -2.60. The maximum atomic E-state index is 14.5. The Kier molecular flexibility index (Phi) is 11.0. The first kappa shape index (κ1) is 33.3. The van der Waals surface area contributed by atoms with Crippen LogP contribution in [0.5, 0.6) is 5.75 Å². The molecule has 1 N–H and O–H groups in total. The quantitative estimate of drug-likeness (QED) is 0.209. The second-order valence-corrected chi connectivity index (χ2v) is 12.9. The molecule has 4 rings (SSSR count). The summed E-state index contributed by atoms with van der Waals surface area (Å²) in [6.45, 7) is 7.48. The van der Waals surface area contributed by atoms with Gasteiger partial charge < -0.3 is 15.0 Å². The SMILES string of the molecule is CCNC(=O)[C@@H](Cc1ccccc1)N(Cc1cccc(OC)c1)C(=O)CN(c1ccc(C)c(C)c1)S(=O)(=O)c1ccc(C)cc1. The van der Waals surface area contributed by atoms with Gasteiger partial charge in [-0.1, -0.05) is 66.2 Å². The third-order valence-electron chi connectivity index (χ3n) is 7.78. The molecule has 45 heavy (non-hydrogen) atoms. The number of nitrogens with one attached hydrogen (secondary N) is 1. The number of benzene rings is 4. The van der Waals surface area contributed by atoms with Crippen molar-refractivity contribution < 1.29 is 22.7 Å². The van der Waals surface area contributed by atoms with Gasteiger partial charge in [-0.05, 0) is 86.3 Å². The van der Waals surface area contributed by atoms with Crippen molar-refractivity contribution in [2.45, 2.75) is 51.6 Å². The molecule has 0 heterocycles. The van der Waals surface area contributed by atoms with Gasteiger partial charge in [0, 0.05) is 19.5 Å². The molecule has 0 spiro atoms. The smallest absolute Gasteiger partial charge is 0.264 e. The molecule has 9 heteroatoms. The molecule has 0 aromatic heterocycles. The largest absolute Gasteiger partial charge is 0.497 e. The summed E-state index contributed by atoms with van der Waals surface area (Å²) >= 11 is 0. The number of ether oxygens (including phenoxy) is 1. The van der Waals surface area contributed by atoms with Crippen LogP contribution >= 0.6 is 0 Å². The van der Waals surface area contributed by atoms with Gasteiger partial charge in [-0.25, -0.2) is 8.42 Å². The summed E-state index contributed by atoms with van der Waals surface area (Å²) in [5.41, 5.74) is 4.78. The van der Waals surface area contributed by atoms with Gasteiger partial charge in [0.1, 0.15) is 18.3 Å². The van der Waals surface area contributed by atoms with Crippen LogP contribution in [0.25, 0.3) is 0 Å². The van der Waals surface area contributed by atoms with Gasteiger partial charge in [0.2, 0.25) is 11.8 Å². The average Bonchev–Trinajstić information content (AvgIpc) is 3.03. The summed E-state index contributed by atoms with van der Waals surface area (Å²) in [5, 5.41) is 2.88. The minimum Gasteiger partial charge on any atom is -0.497 e. The zero-order chi connectivity index (χ0) is 32.6. The Hall–Kier alpha value is -4.63. The van der Waals surface area contributed by atoms with E-state index in [2.05, 4.69) is 5.32 Å². The third kappa shape index (κ3) is 8.30. The van der Waals surface area contributed by atoms with E-state index in [0.717, 1.165) is 32.1 Å². The first-order chi connectivity index (χ1) is 21.5. The molecule has 0 radical (unpaired) electrons. The predicted octanol–water partition coefficient (Wildman–Crippen LogP) is 5.59. The van der Waals surface area contributed by atoms with Crippen molar-refractivity contribution in [3.8, 4) is 5.75 Å². The van der Waals surface area contributed by atoms with E-state index < -0.39 is 28.5 Å². The van der Waals surface area contributed by atoms with Crippen LogP contribution in [0.15, 0.2) is 102 Å². The lowest BCUT2D eigenvalue weighted by atomic mass is 10.0. The maximum absolute atomic E-state index is 14.5. The lowest BCUT2D eigenvalue weighted by molar-refractivity contribution is -0.140. The number of aryl methyl sites for hydroxylation is 3. The van der Waals surface area contributed by atoms with Crippen LogP contribution in [0.2, 0.25) is 0 Å². The number of methoxy groups -OCH3 is 1. The van der Waals surface area contributed by atoms with Crippen LogP contribution in [0.3, 0.4) is 0 Å². The number of sulfonamides is 1. The first-order valence-corrected chi connectivity index (χ1v) is 16.4. The van der Waals surface area contributed by atoms with E-state index in [1.165, 1.54) is 4.90 Å². The highest BCUT2D eigenvalue weighted by molar-refractivity contribution is 7.92. The second-order valence-electron chi connectivity index (χ2n) is 11.1. The number of amides is 2. The van der Waals surface area contributed by atoms with E-state index in [4.69, 9.17) is 4.74 Å². The highest BCUT2D eigenvalue weighted by Gasteiger charge is 2.34. The van der Waals surface area contributed by atoms with Gasteiger partial charge in [-0.2, -0.15) is 0 Å². The number of likely N-dealkylation sites (N-methyl/N-ethyl adjacent to an activating group) is 1. The molecule has 0 unspecified atom stereocenters. The number of nitrogens with zero attached hydrogens (tertiary/aromatic N) is 2. The summed E-state index contributed by atoms with van der Waals surface area (Å²) in [5.74, 6) is -0.230. The molecular formula is C36H41N3O5S. The van der Waals surface area contributed by atoms with Crippen LogP contribution in [-0.4, -0.2) is 51.4 Å². The summed E-state index contributed by atoms with van der Waals surface area (Å²) < 4.78 is 34.9. The van der Waals surface area contributed by atoms with Crippen molar-refractivity contribution in [1.82, 2.24) is 10.2 Å². The van der Waals surface area contributed by atoms with Gasteiger partial charge in [-0.15, -0.1) is 0 Å². The van der Waals surface area contributed by atoms with Crippen molar-refractivity contribution in [2.24, 2.45) is 0 Å². The lowest BCUT2D eigenvalue weighted by Crippen LogP contribution is -2.53. The molecule has 0 aliphatic heterocycles. The Bertz CT molecular complexity index is 1720. The highest BCUT2D eigenvalue weighted by Crippen LogP contribution is 2.27. The van der Waals surface area contributed by atoms with Gasteiger partial charge in [0.15, 0.2) is 0 Å². The number of anilines is 1. The van der Waals surface area contributed by atoms with Gasteiger partial charge >= 0.3 is 0 Å². The molecule has 4 aromatic rings. The number of carbonyl (C=O) groups excluding carboxylic acids is 2. The van der Waals surface area contributed by atoms with Crippen molar-refractivity contribution in [1.29, 1.82) is 0 Å². The normalized spacial score (nSPS) is 11.8. The van der Waals surface area contributed by atoms with Gasteiger partial charge in [-0.3, -0.25) is 13.9 Å². The Labute approximate surface area is 266 Å². The maximum Gasteiger partial charge on any atom is 0.264 e. The molecule has 0 saturated heterocycles. The lowest BCUT2D eigenvalue weighted by Gasteiger charge is -2.34. The molecule has 8 nitrogen and oxygen atoms in total. The molecule has 236 valence electrons. The van der Waals surface area contributed by atoms with E-state index in [-0.39, 0.29) is 23.8 Å². The highest BCUT2D eigenvalue weighted by atomic mass is 32.2.